The number of ether oxygens (including phenoxy) is 1. The molecule has 1 N–H and O–H groups in total. The molecule has 0 saturated carbocycles. The first-order valence-electron chi connectivity index (χ1n) is 13.1. The van der Waals surface area contributed by atoms with Crippen LogP contribution in [0.3, 0.4) is 0 Å². The third-order valence-electron chi connectivity index (χ3n) is 7.68. The highest BCUT2D eigenvalue weighted by Gasteiger charge is 2.61. The Morgan fingerprint density at radius 2 is 1.56 bits per heavy atom. The standard InChI is InChI=1S/C24H43N5O5Si2/c1-14(2)35(15(3)4)31-11-18-21(33-36(34-35,16(5)6)17(7)8)20(30)24(32-18)29-13-27-19-22(28(9)10)25-12-26-23(19)29/h12-18,20-21,24,30H,11H2,1-10H3. The first-order valence-corrected chi connectivity index (χ1v) is 17.0. The first-order chi connectivity index (χ1) is 16.9. The van der Waals surface area contributed by atoms with Crippen LogP contribution in [0.5, 0.6) is 0 Å². The van der Waals surface area contributed by atoms with E-state index in [1.165, 1.54) is 6.33 Å². The van der Waals surface area contributed by atoms with Gasteiger partial charge in [-0.05, 0) is 22.2 Å². The van der Waals surface area contributed by atoms with Crippen molar-refractivity contribution in [2.45, 2.75) is 102 Å². The zero-order valence-corrected chi connectivity index (χ0v) is 25.3. The van der Waals surface area contributed by atoms with Crippen LogP contribution in [0, 0.1) is 0 Å². The van der Waals surface area contributed by atoms with Crippen LogP contribution in [-0.4, -0.2) is 80.8 Å². The van der Waals surface area contributed by atoms with Crippen molar-refractivity contribution in [3.05, 3.63) is 12.7 Å². The largest absolute Gasteiger partial charge is 0.414 e. The third kappa shape index (κ3) is 4.34. The lowest BCUT2D eigenvalue weighted by atomic mass is 10.1. The molecule has 10 nitrogen and oxygen atoms in total. The number of nitrogens with zero attached hydrogens (tertiary/aromatic N) is 5. The molecule has 2 fully saturated rings. The van der Waals surface area contributed by atoms with Gasteiger partial charge in [0.15, 0.2) is 23.2 Å². The van der Waals surface area contributed by atoms with Crippen LogP contribution in [0.4, 0.5) is 5.82 Å². The Morgan fingerprint density at radius 1 is 0.944 bits per heavy atom. The molecule has 2 saturated heterocycles. The Bertz CT molecular complexity index is 1050. The highest BCUT2D eigenvalue weighted by atomic mass is 28.5. The number of hydrogen-bond acceptors (Lipinski definition) is 9. The second-order valence-electron chi connectivity index (χ2n) is 11.5. The molecule has 0 spiro atoms. The highest BCUT2D eigenvalue weighted by molar-refractivity contribution is 6.84. The zero-order valence-electron chi connectivity index (χ0n) is 23.3. The van der Waals surface area contributed by atoms with Gasteiger partial charge in [0, 0.05) is 14.1 Å². The van der Waals surface area contributed by atoms with E-state index in [1.54, 1.807) is 10.9 Å². The lowest BCUT2D eigenvalue weighted by Crippen LogP contribution is -2.65. The minimum atomic E-state index is -2.86. The number of imidazole rings is 1. The van der Waals surface area contributed by atoms with E-state index in [0.29, 0.717) is 23.6 Å². The van der Waals surface area contributed by atoms with Crippen LogP contribution in [0.1, 0.15) is 61.6 Å². The molecular weight excluding hydrogens is 494 g/mol. The van der Waals surface area contributed by atoms with Crippen molar-refractivity contribution in [1.82, 2.24) is 19.5 Å². The first kappa shape index (κ1) is 27.6. The second-order valence-corrected chi connectivity index (χ2v) is 20.4. The number of fused-ring (bicyclic) bond motifs is 2. The van der Waals surface area contributed by atoms with Gasteiger partial charge < -0.3 is 27.7 Å². The number of anilines is 1. The van der Waals surface area contributed by atoms with Gasteiger partial charge in [0.05, 0.1) is 12.9 Å². The van der Waals surface area contributed by atoms with E-state index in [9.17, 15) is 5.11 Å². The molecule has 0 amide bonds. The van der Waals surface area contributed by atoms with Crippen molar-refractivity contribution in [3.63, 3.8) is 0 Å². The van der Waals surface area contributed by atoms with Gasteiger partial charge in [-0.25, -0.2) is 15.0 Å². The monoisotopic (exact) mass is 537 g/mol. The quantitative estimate of drug-likeness (QED) is 0.545. The fraction of sp³-hybridized carbons (Fsp3) is 0.792. The number of aliphatic hydroxyl groups is 1. The van der Waals surface area contributed by atoms with Gasteiger partial charge in [0.25, 0.3) is 0 Å². The summed E-state index contributed by atoms with van der Waals surface area (Å²) >= 11 is 0. The Morgan fingerprint density at radius 3 is 2.11 bits per heavy atom. The van der Waals surface area contributed by atoms with Gasteiger partial charge in [-0.3, -0.25) is 4.57 Å². The number of aromatic nitrogens is 4. The fourth-order valence-corrected chi connectivity index (χ4v) is 16.9. The molecule has 4 rings (SSSR count). The topological polar surface area (TPSA) is 104 Å². The zero-order chi connectivity index (χ0) is 26.6. The second kappa shape index (κ2) is 10.0. The lowest BCUT2D eigenvalue weighted by molar-refractivity contribution is -0.0570. The van der Waals surface area contributed by atoms with E-state index in [0.717, 1.165) is 0 Å². The molecule has 12 heteroatoms. The molecule has 0 aromatic carbocycles. The smallest absolute Gasteiger partial charge is 0.335 e. The highest BCUT2D eigenvalue weighted by Crippen LogP contribution is 2.48. The van der Waals surface area contributed by atoms with Crippen molar-refractivity contribution in [2.75, 3.05) is 25.6 Å². The molecule has 0 bridgehead atoms. The van der Waals surface area contributed by atoms with Crippen LogP contribution >= 0.6 is 0 Å². The van der Waals surface area contributed by atoms with E-state index in [-0.39, 0.29) is 22.2 Å². The molecule has 2 aromatic rings. The fourth-order valence-electron chi connectivity index (χ4n) is 5.72. The average Bonchev–Trinajstić information content (AvgIpc) is 3.33. The maximum Gasteiger partial charge on any atom is 0.335 e. The van der Waals surface area contributed by atoms with Gasteiger partial charge in [0.2, 0.25) is 0 Å². The van der Waals surface area contributed by atoms with E-state index < -0.39 is 41.7 Å². The molecule has 2 aliphatic heterocycles. The van der Waals surface area contributed by atoms with Gasteiger partial charge in [0.1, 0.15) is 24.6 Å². The van der Waals surface area contributed by atoms with Crippen molar-refractivity contribution >= 4 is 34.1 Å². The summed E-state index contributed by atoms with van der Waals surface area (Å²) in [6.45, 7) is 17.8. The maximum atomic E-state index is 11.6. The number of rotatable bonds is 6. The summed E-state index contributed by atoms with van der Waals surface area (Å²) in [5.74, 6) is 0.709. The molecule has 36 heavy (non-hydrogen) atoms. The third-order valence-corrected chi connectivity index (χ3v) is 17.9. The summed E-state index contributed by atoms with van der Waals surface area (Å²) in [6, 6.07) is 0. The van der Waals surface area contributed by atoms with Crippen LogP contribution in [0.25, 0.3) is 11.2 Å². The van der Waals surface area contributed by atoms with Gasteiger partial charge >= 0.3 is 17.1 Å². The molecule has 0 radical (unpaired) electrons. The SMILES string of the molecule is CC(C)[Si]1(C(C)C)OCC2OC(n3cnc4c(N(C)C)ncnc43)C(O)C2O[Si](C(C)C)(C(C)C)O1. The van der Waals surface area contributed by atoms with Crippen LogP contribution < -0.4 is 4.90 Å². The normalized spacial score (nSPS) is 28.2. The summed E-state index contributed by atoms with van der Waals surface area (Å²) < 4.78 is 29.3. The molecular formula is C24H43N5O5Si2. The van der Waals surface area contributed by atoms with E-state index in [1.807, 2.05) is 19.0 Å². The molecule has 202 valence electrons. The minimum Gasteiger partial charge on any atom is -0.414 e. The summed E-state index contributed by atoms with van der Waals surface area (Å²) in [6.07, 6.45) is 0.508. The summed E-state index contributed by atoms with van der Waals surface area (Å²) in [4.78, 5) is 15.3. The van der Waals surface area contributed by atoms with Crippen LogP contribution in [-0.2, 0) is 17.7 Å². The Labute approximate surface area is 216 Å². The van der Waals surface area contributed by atoms with E-state index >= 15 is 0 Å². The predicted octanol–water partition coefficient (Wildman–Crippen LogP) is 4.11. The van der Waals surface area contributed by atoms with E-state index in [4.69, 9.17) is 17.7 Å². The van der Waals surface area contributed by atoms with Gasteiger partial charge in [-0.15, -0.1) is 0 Å². The molecule has 4 unspecified atom stereocenters. The average molecular weight is 538 g/mol. The number of aliphatic hydroxyl groups excluding tert-OH is 1. The molecule has 4 heterocycles. The maximum absolute atomic E-state index is 11.6. The summed E-state index contributed by atoms with van der Waals surface area (Å²) in [5, 5.41) is 11.6. The van der Waals surface area contributed by atoms with Gasteiger partial charge in [-0.1, -0.05) is 55.4 Å². The predicted molar refractivity (Wildman–Crippen MR) is 143 cm³/mol. The van der Waals surface area contributed by atoms with Gasteiger partial charge in [-0.2, -0.15) is 0 Å². The van der Waals surface area contributed by atoms with Crippen molar-refractivity contribution in [3.8, 4) is 0 Å². The van der Waals surface area contributed by atoms with Crippen molar-refractivity contribution in [1.29, 1.82) is 0 Å². The van der Waals surface area contributed by atoms with E-state index in [2.05, 4.69) is 70.3 Å². The molecule has 0 aliphatic carbocycles. The Kier molecular flexibility index (Phi) is 7.70. The molecule has 2 aliphatic rings. The minimum absolute atomic E-state index is 0.167. The Balaban J connectivity index is 1.77. The Hall–Kier alpha value is -1.42. The van der Waals surface area contributed by atoms with Crippen LogP contribution in [0.15, 0.2) is 12.7 Å². The summed E-state index contributed by atoms with van der Waals surface area (Å²) in [7, 11) is -1.72. The van der Waals surface area contributed by atoms with Crippen molar-refractivity contribution in [2.24, 2.45) is 0 Å². The van der Waals surface area contributed by atoms with Crippen LogP contribution in [0.2, 0.25) is 22.2 Å². The molecule has 2 aromatic heterocycles. The summed E-state index contributed by atoms with van der Waals surface area (Å²) in [5.41, 5.74) is 2.07. The lowest BCUT2D eigenvalue weighted by Gasteiger charge is -2.51. The van der Waals surface area contributed by atoms with Crippen molar-refractivity contribution < 1.29 is 22.8 Å². The molecule has 4 atom stereocenters. The number of hydrogen-bond donors (Lipinski definition) is 1.